The summed E-state index contributed by atoms with van der Waals surface area (Å²) in [5, 5.41) is 24.1. The van der Waals surface area contributed by atoms with Gasteiger partial charge in [-0.25, -0.2) is 4.79 Å². The minimum Gasteiger partial charge on any atom is -0.472 e. The molecular formula is C38H50O16. The fourth-order valence-electron chi connectivity index (χ4n) is 9.16. The second-order valence-electron chi connectivity index (χ2n) is 15.2. The third kappa shape index (κ3) is 6.93. The van der Waals surface area contributed by atoms with Crippen LogP contribution in [0.1, 0.15) is 85.6 Å². The van der Waals surface area contributed by atoms with Gasteiger partial charge in [-0.05, 0) is 30.0 Å². The van der Waals surface area contributed by atoms with Gasteiger partial charge in [-0.15, -0.1) is 0 Å². The van der Waals surface area contributed by atoms with Crippen molar-refractivity contribution in [2.75, 3.05) is 13.7 Å². The van der Waals surface area contributed by atoms with E-state index in [1.807, 2.05) is 0 Å². The summed E-state index contributed by atoms with van der Waals surface area (Å²) >= 11 is 0. The Labute approximate surface area is 312 Å². The van der Waals surface area contributed by atoms with E-state index < -0.39 is 125 Å². The Balaban J connectivity index is 2.13. The van der Waals surface area contributed by atoms with Crippen LogP contribution in [0.5, 0.6) is 0 Å². The number of fused-ring (bicyclic) bond motifs is 1. The van der Waals surface area contributed by atoms with Gasteiger partial charge in [0.25, 0.3) is 6.47 Å². The first-order valence-corrected chi connectivity index (χ1v) is 17.7. The van der Waals surface area contributed by atoms with E-state index in [1.54, 1.807) is 19.9 Å². The normalized spacial score (nSPS) is 36.1. The number of carbonyl (C=O) groups is 7. The number of furan rings is 1. The lowest BCUT2D eigenvalue weighted by Gasteiger charge is -2.61. The molecule has 2 heterocycles. The van der Waals surface area contributed by atoms with Gasteiger partial charge < -0.3 is 43.1 Å². The fourth-order valence-corrected chi connectivity index (χ4v) is 9.16. The standard InChI is InChI=1S/C38H50O16/c1-10-19(2)31(45)34(46)53-33-32(51-18-39)30(20(3)38(47)26(42)13-24(37(33,38)8)23-11-12-49-16-23)36(7)25(14-28(43)48-9)35(6,17-50-21(4)40)54-29(44)15-27(36)52-22(5)41/h11-12,16,18-19,24-25,27,30-33,45,47H,3,10,13-15,17H2,1-2,4-9H3/t19?,24-,25?,27+,30?,31?,32+,33+,35+,36+,37+,38?/m0/s1. The van der Waals surface area contributed by atoms with Gasteiger partial charge in [-0.1, -0.05) is 40.7 Å². The van der Waals surface area contributed by atoms with Gasteiger partial charge in [0, 0.05) is 43.4 Å². The first-order valence-electron chi connectivity index (χ1n) is 17.7. The third-order valence-corrected chi connectivity index (χ3v) is 12.2. The van der Waals surface area contributed by atoms with E-state index in [0.717, 1.165) is 21.0 Å². The number of hydrogen-bond donors (Lipinski definition) is 2. The minimum atomic E-state index is -2.60. The molecule has 2 N–H and O–H groups in total. The molecule has 1 aromatic heterocycles. The van der Waals surface area contributed by atoms with Crippen LogP contribution in [0.2, 0.25) is 0 Å². The van der Waals surface area contributed by atoms with E-state index in [0.29, 0.717) is 12.0 Å². The number of cyclic esters (lactones) is 1. The van der Waals surface area contributed by atoms with Crippen molar-refractivity contribution in [2.45, 2.75) is 116 Å². The van der Waals surface area contributed by atoms with Crippen LogP contribution in [0.4, 0.5) is 0 Å². The van der Waals surface area contributed by atoms with Crippen molar-refractivity contribution in [1.29, 1.82) is 0 Å². The molecule has 12 atom stereocenters. The lowest BCUT2D eigenvalue weighted by Crippen LogP contribution is -2.72. The first-order chi connectivity index (χ1) is 25.2. The van der Waals surface area contributed by atoms with E-state index in [4.69, 9.17) is 32.8 Å². The zero-order chi connectivity index (χ0) is 40.6. The number of methoxy groups -OCH3 is 1. The van der Waals surface area contributed by atoms with Crippen molar-refractivity contribution < 1.29 is 76.6 Å². The molecular weight excluding hydrogens is 712 g/mol. The topological polar surface area (TPSA) is 228 Å². The smallest absolute Gasteiger partial charge is 0.335 e. The van der Waals surface area contributed by atoms with Crippen LogP contribution >= 0.6 is 0 Å². The highest BCUT2D eigenvalue weighted by atomic mass is 16.6. The van der Waals surface area contributed by atoms with Crippen molar-refractivity contribution in [3.05, 3.63) is 36.3 Å². The number of rotatable bonds is 13. The van der Waals surface area contributed by atoms with Crippen molar-refractivity contribution in [3.8, 4) is 0 Å². The molecule has 16 heteroatoms. The second kappa shape index (κ2) is 15.7. The molecule has 0 radical (unpaired) electrons. The zero-order valence-corrected chi connectivity index (χ0v) is 31.8. The Morgan fingerprint density at radius 1 is 1.09 bits per heavy atom. The van der Waals surface area contributed by atoms with Crippen molar-refractivity contribution in [1.82, 2.24) is 0 Å². The summed E-state index contributed by atoms with van der Waals surface area (Å²) < 4.78 is 39.4. The maximum absolute atomic E-state index is 14.4. The molecule has 1 aliphatic heterocycles. The van der Waals surface area contributed by atoms with Crippen LogP contribution in [0.25, 0.3) is 0 Å². The summed E-state index contributed by atoms with van der Waals surface area (Å²) in [6, 6.07) is 1.56. The lowest BCUT2D eigenvalue weighted by atomic mass is 9.46. The number of esters is 5. The number of Topliss-reactive ketones (excluding diaryl/α,β-unsaturated/α-hetero) is 1. The average Bonchev–Trinajstić information content (AvgIpc) is 3.70. The van der Waals surface area contributed by atoms with Crippen LogP contribution in [-0.2, 0) is 62.0 Å². The Kier molecular flexibility index (Phi) is 12.2. The number of aliphatic hydroxyl groups excluding tert-OH is 1. The van der Waals surface area contributed by atoms with E-state index in [9.17, 15) is 43.8 Å². The quantitative estimate of drug-likeness (QED) is 0.127. The van der Waals surface area contributed by atoms with E-state index in [-0.39, 0.29) is 18.5 Å². The van der Waals surface area contributed by atoms with Gasteiger partial charge in [0.1, 0.15) is 30.5 Å². The molecule has 54 heavy (non-hydrogen) atoms. The Morgan fingerprint density at radius 2 is 1.76 bits per heavy atom. The molecule has 298 valence electrons. The molecule has 0 amide bonds. The number of ether oxygens (including phenoxy) is 6. The van der Waals surface area contributed by atoms with Gasteiger partial charge in [0.05, 0.1) is 37.9 Å². The molecule has 0 spiro atoms. The molecule has 16 nitrogen and oxygen atoms in total. The molecule has 1 saturated heterocycles. The monoisotopic (exact) mass is 762 g/mol. The average molecular weight is 763 g/mol. The third-order valence-electron chi connectivity index (χ3n) is 12.2. The number of carbonyl (C=O) groups excluding carboxylic acids is 7. The van der Waals surface area contributed by atoms with Gasteiger partial charge in [-0.2, -0.15) is 0 Å². The predicted octanol–water partition coefficient (Wildman–Crippen LogP) is 2.51. The van der Waals surface area contributed by atoms with E-state index in [1.165, 1.54) is 33.3 Å². The summed E-state index contributed by atoms with van der Waals surface area (Å²) in [5.74, 6) is -9.90. The van der Waals surface area contributed by atoms with Gasteiger partial charge in [-0.3, -0.25) is 28.8 Å². The van der Waals surface area contributed by atoms with Crippen LogP contribution in [0, 0.1) is 28.6 Å². The highest BCUT2D eigenvalue weighted by Gasteiger charge is 2.77. The maximum atomic E-state index is 14.4. The van der Waals surface area contributed by atoms with Gasteiger partial charge >= 0.3 is 29.8 Å². The van der Waals surface area contributed by atoms with Crippen molar-refractivity contribution in [2.24, 2.45) is 28.6 Å². The second-order valence-corrected chi connectivity index (χ2v) is 15.2. The summed E-state index contributed by atoms with van der Waals surface area (Å²) in [6.45, 7) is 13.5. The molecule has 3 aliphatic rings. The molecule has 3 fully saturated rings. The molecule has 2 saturated carbocycles. The SMILES string of the molecule is C=C1C([C@]2(C)C(CC(=O)OC)[C@@](C)(COC(C)=O)OC(=O)C[C@H]2OC(C)=O)[C@@H](OC=O)[C@@H](OC(=O)C(O)C(C)CC)[C@@]2(C)[C@H](c3ccoc3)CC(=O)C12O. The summed E-state index contributed by atoms with van der Waals surface area (Å²) in [4.78, 5) is 92.7. The molecule has 5 unspecified atom stereocenters. The molecule has 1 aromatic rings. The Hall–Kier alpha value is -4.57. The van der Waals surface area contributed by atoms with Crippen molar-refractivity contribution >= 4 is 42.1 Å². The summed E-state index contributed by atoms with van der Waals surface area (Å²) in [7, 11) is 1.10. The largest absolute Gasteiger partial charge is 0.472 e. The first kappa shape index (κ1) is 42.2. The number of hydrogen-bond acceptors (Lipinski definition) is 16. The van der Waals surface area contributed by atoms with Crippen molar-refractivity contribution in [3.63, 3.8) is 0 Å². The van der Waals surface area contributed by atoms with Gasteiger partial charge in [0.2, 0.25) is 0 Å². The molecule has 4 rings (SSSR count). The highest BCUT2D eigenvalue weighted by molar-refractivity contribution is 5.96. The molecule has 2 aliphatic carbocycles. The lowest BCUT2D eigenvalue weighted by molar-refractivity contribution is -0.239. The highest BCUT2D eigenvalue weighted by Crippen LogP contribution is 2.68. The summed E-state index contributed by atoms with van der Waals surface area (Å²) in [6.07, 6.45) is -5.26. The minimum absolute atomic E-state index is 0.0597. The van der Waals surface area contributed by atoms with E-state index >= 15 is 0 Å². The molecule has 0 aromatic carbocycles. The zero-order valence-electron chi connectivity index (χ0n) is 31.8. The maximum Gasteiger partial charge on any atom is 0.335 e. The Bertz CT molecular complexity index is 1650. The number of ketones is 1. The van der Waals surface area contributed by atoms with Crippen LogP contribution < -0.4 is 0 Å². The van der Waals surface area contributed by atoms with Crippen LogP contribution in [0.3, 0.4) is 0 Å². The predicted molar refractivity (Wildman–Crippen MR) is 183 cm³/mol. The van der Waals surface area contributed by atoms with Crippen LogP contribution in [-0.4, -0.2) is 102 Å². The van der Waals surface area contributed by atoms with Gasteiger partial charge in [0.15, 0.2) is 17.5 Å². The fraction of sp³-hybridized carbons (Fsp3) is 0.658. The Morgan fingerprint density at radius 3 is 2.30 bits per heavy atom. The molecule has 0 bridgehead atoms. The van der Waals surface area contributed by atoms with E-state index in [2.05, 4.69) is 6.58 Å². The van der Waals surface area contributed by atoms with Crippen LogP contribution in [0.15, 0.2) is 35.2 Å². The summed E-state index contributed by atoms with van der Waals surface area (Å²) in [5.41, 5.74) is -8.16. The number of aliphatic hydroxyl groups is 2.